The number of aromatic nitrogens is 1. The quantitative estimate of drug-likeness (QED) is 0.642. The first kappa shape index (κ1) is 4.45. The highest BCUT2D eigenvalue weighted by atomic mass is 14.7. The van der Waals surface area contributed by atoms with E-state index in [0.717, 1.165) is 5.39 Å². The average molecular weight is 161 g/mol. The van der Waals surface area contributed by atoms with E-state index in [4.69, 9.17) is 9.85 Å². The molecule has 0 radical (unpaired) electrons. The van der Waals surface area contributed by atoms with Crippen LogP contribution in [0.25, 0.3) is 10.9 Å². The molecule has 0 fully saturated rings. The van der Waals surface area contributed by atoms with E-state index < -0.39 is 6.85 Å². The molecule has 0 amide bonds. The van der Waals surface area contributed by atoms with Crippen LogP contribution >= 0.6 is 0 Å². The summed E-state index contributed by atoms with van der Waals surface area (Å²) in [6.45, 7) is -2.21. The van der Waals surface area contributed by atoms with E-state index in [1.54, 1.807) is 12.1 Å². The molecule has 12 heavy (non-hydrogen) atoms. The molecule has 1 aromatic heterocycles. The van der Waals surface area contributed by atoms with Crippen molar-refractivity contribution in [2.24, 2.45) is 0 Å². The maximum Gasteiger partial charge on any atom is 0.0725 e. The first-order chi connectivity index (χ1) is 6.98. The highest BCUT2D eigenvalue weighted by molar-refractivity contribution is 5.89. The molecule has 2 rings (SSSR count). The Bertz CT molecular complexity index is 505. The van der Waals surface area contributed by atoms with Crippen molar-refractivity contribution in [3.8, 4) is 0 Å². The first-order valence-electron chi connectivity index (χ1n) is 5.14. The summed E-state index contributed by atoms with van der Waals surface area (Å²) in [5.41, 5.74) is 6.87. The number of para-hydroxylation sites is 1. The Kier molecular flexibility index (Phi) is 0.921. The van der Waals surface area contributed by atoms with Crippen molar-refractivity contribution in [3.05, 3.63) is 36.0 Å². The summed E-state index contributed by atoms with van der Waals surface area (Å²) in [4.78, 5) is 4.06. The van der Waals surface area contributed by atoms with E-state index in [1.165, 1.54) is 6.07 Å². The van der Waals surface area contributed by atoms with Crippen LogP contribution in [0, 0.1) is 6.85 Å². The molecule has 0 spiro atoms. The number of fused-ring (bicyclic) bond motifs is 1. The molecule has 0 saturated carbocycles. The number of pyridine rings is 1. The maximum absolute atomic E-state index is 7.26. The van der Waals surface area contributed by atoms with Gasteiger partial charge < -0.3 is 5.73 Å². The molecular weight excluding hydrogens is 148 g/mol. The lowest BCUT2D eigenvalue weighted by atomic mass is 10.2. The fourth-order valence-corrected chi connectivity index (χ4v) is 1.20. The highest BCUT2D eigenvalue weighted by Gasteiger charge is 1.97. The average Bonchev–Trinajstić information content (AvgIpc) is 2.16. The van der Waals surface area contributed by atoms with Crippen molar-refractivity contribution in [1.82, 2.24) is 4.98 Å². The van der Waals surface area contributed by atoms with Gasteiger partial charge >= 0.3 is 0 Å². The maximum atomic E-state index is 7.26. The Morgan fingerprint density at radius 3 is 3.08 bits per heavy atom. The second-order valence-electron chi connectivity index (χ2n) is 2.61. The Morgan fingerprint density at radius 1 is 1.42 bits per heavy atom. The summed E-state index contributed by atoms with van der Waals surface area (Å²) >= 11 is 0. The van der Waals surface area contributed by atoms with Crippen LogP contribution in [0.4, 0.5) is 5.69 Å². The number of hydrogen-bond acceptors (Lipinski definition) is 2. The Hall–Kier alpha value is -1.57. The van der Waals surface area contributed by atoms with Crippen LogP contribution < -0.4 is 5.73 Å². The Balaban J connectivity index is 2.73. The minimum atomic E-state index is -2.21. The topological polar surface area (TPSA) is 38.9 Å². The van der Waals surface area contributed by atoms with Gasteiger partial charge in [-0.2, -0.15) is 0 Å². The van der Waals surface area contributed by atoms with Gasteiger partial charge in [-0.1, -0.05) is 18.2 Å². The lowest BCUT2D eigenvalue weighted by molar-refractivity contribution is 1.26. The largest absolute Gasteiger partial charge is 0.398 e. The number of rotatable bonds is 0. The SMILES string of the molecule is [2H]C([2H])([2H])c1cc(N)c2ccccc2n1. The third-order valence-electron chi connectivity index (χ3n) is 1.75. The lowest BCUT2D eigenvalue weighted by Crippen LogP contribution is -1.91. The van der Waals surface area contributed by atoms with Crippen molar-refractivity contribution < 1.29 is 4.11 Å². The highest BCUT2D eigenvalue weighted by Crippen LogP contribution is 2.19. The van der Waals surface area contributed by atoms with E-state index in [2.05, 4.69) is 4.98 Å². The zero-order valence-electron chi connectivity index (χ0n) is 9.41. The zero-order valence-corrected chi connectivity index (χ0v) is 6.41. The molecule has 1 aromatic carbocycles. The van der Waals surface area contributed by atoms with Crippen molar-refractivity contribution in [3.63, 3.8) is 0 Å². The Morgan fingerprint density at radius 2 is 2.25 bits per heavy atom. The molecule has 1 heterocycles. The number of aryl methyl sites for hydroxylation is 1. The fraction of sp³-hybridized carbons (Fsp3) is 0.100. The number of nitrogens with two attached hydrogens (primary N) is 1. The van der Waals surface area contributed by atoms with Gasteiger partial charge in [0.25, 0.3) is 0 Å². The van der Waals surface area contributed by atoms with E-state index in [1.807, 2.05) is 12.1 Å². The van der Waals surface area contributed by atoms with Crippen molar-refractivity contribution in [2.75, 3.05) is 5.73 Å². The molecular formula is C10H10N2. The summed E-state index contributed by atoms with van der Waals surface area (Å²) in [6, 6.07) is 8.63. The predicted molar refractivity (Wildman–Crippen MR) is 50.9 cm³/mol. The van der Waals surface area contributed by atoms with Gasteiger partial charge in [0.15, 0.2) is 0 Å². The van der Waals surface area contributed by atoms with E-state index in [0.29, 0.717) is 11.2 Å². The van der Waals surface area contributed by atoms with Gasteiger partial charge in [0, 0.05) is 20.9 Å². The third-order valence-corrected chi connectivity index (χ3v) is 1.75. The van der Waals surface area contributed by atoms with Crippen LogP contribution in [0.2, 0.25) is 0 Å². The molecule has 0 unspecified atom stereocenters. The van der Waals surface area contributed by atoms with Crippen molar-refractivity contribution >= 4 is 16.6 Å². The molecule has 0 atom stereocenters. The van der Waals surface area contributed by atoms with Gasteiger partial charge in [-0.15, -0.1) is 0 Å². The third kappa shape index (κ3) is 1.01. The minimum Gasteiger partial charge on any atom is -0.398 e. The van der Waals surface area contributed by atoms with Crippen LogP contribution in [-0.2, 0) is 0 Å². The van der Waals surface area contributed by atoms with Crippen molar-refractivity contribution in [1.29, 1.82) is 0 Å². The predicted octanol–water partition coefficient (Wildman–Crippen LogP) is 2.13. The molecule has 0 aliphatic rings. The van der Waals surface area contributed by atoms with Crippen LogP contribution in [-0.4, -0.2) is 4.98 Å². The van der Waals surface area contributed by atoms with Crippen LogP contribution in [0.3, 0.4) is 0 Å². The number of nitrogens with zero attached hydrogens (tertiary/aromatic N) is 1. The molecule has 2 N–H and O–H groups in total. The summed E-state index contributed by atoms with van der Waals surface area (Å²) in [5.74, 6) is 0. The van der Waals surface area contributed by atoms with Gasteiger partial charge in [-0.25, -0.2) is 0 Å². The van der Waals surface area contributed by atoms with E-state index >= 15 is 0 Å². The van der Waals surface area contributed by atoms with E-state index in [9.17, 15) is 0 Å². The van der Waals surface area contributed by atoms with Gasteiger partial charge in [0.2, 0.25) is 0 Å². The van der Waals surface area contributed by atoms with Gasteiger partial charge in [-0.05, 0) is 19.0 Å². The van der Waals surface area contributed by atoms with Crippen LogP contribution in [0.15, 0.2) is 30.3 Å². The van der Waals surface area contributed by atoms with Gasteiger partial charge in [-0.3, -0.25) is 4.98 Å². The smallest absolute Gasteiger partial charge is 0.0725 e. The molecule has 0 aliphatic heterocycles. The van der Waals surface area contributed by atoms with Crippen molar-refractivity contribution in [2.45, 2.75) is 6.85 Å². The minimum absolute atomic E-state index is 0.0405. The normalized spacial score (nSPS) is 15.2. The summed E-state index contributed by atoms with van der Waals surface area (Å²) < 4.78 is 21.8. The van der Waals surface area contributed by atoms with E-state index in [-0.39, 0.29) is 5.69 Å². The molecule has 2 heteroatoms. The van der Waals surface area contributed by atoms with Crippen LogP contribution in [0.5, 0.6) is 0 Å². The van der Waals surface area contributed by atoms with Crippen LogP contribution in [0.1, 0.15) is 9.81 Å². The Labute approximate surface area is 75.3 Å². The van der Waals surface area contributed by atoms with Gasteiger partial charge in [0.1, 0.15) is 0 Å². The molecule has 0 aliphatic carbocycles. The second-order valence-corrected chi connectivity index (χ2v) is 2.61. The summed E-state index contributed by atoms with van der Waals surface area (Å²) in [7, 11) is 0. The molecule has 0 saturated heterocycles. The van der Waals surface area contributed by atoms with Gasteiger partial charge in [0.05, 0.1) is 5.52 Å². The fourth-order valence-electron chi connectivity index (χ4n) is 1.20. The number of anilines is 1. The number of benzene rings is 1. The number of nitrogen functional groups attached to an aromatic ring is 1. The molecule has 2 nitrogen and oxygen atoms in total. The molecule has 0 bridgehead atoms. The molecule has 2 aromatic rings. The standard InChI is InChI=1S/C10H10N2/c1-7-6-9(11)8-4-2-3-5-10(8)12-7/h2-6H,1H3,(H2,11,12)/i1D3. The number of hydrogen-bond donors (Lipinski definition) is 1. The second kappa shape index (κ2) is 2.48. The summed E-state index contributed by atoms with van der Waals surface area (Å²) in [5, 5.41) is 0.783. The zero-order chi connectivity index (χ0) is 11.1. The first-order valence-corrected chi connectivity index (χ1v) is 3.64. The molecule has 60 valence electrons. The monoisotopic (exact) mass is 161 g/mol. The lowest BCUT2D eigenvalue weighted by Gasteiger charge is -2.01. The summed E-state index contributed by atoms with van der Waals surface area (Å²) in [6.07, 6.45) is 0.